The van der Waals surface area contributed by atoms with E-state index in [0.29, 0.717) is 11.9 Å². The van der Waals surface area contributed by atoms with Gasteiger partial charge in [0, 0.05) is 48.3 Å². The lowest BCUT2D eigenvalue weighted by molar-refractivity contribution is -0.0602. The molecule has 0 saturated carbocycles. The van der Waals surface area contributed by atoms with E-state index in [2.05, 4.69) is 151 Å². The van der Waals surface area contributed by atoms with E-state index in [4.69, 9.17) is 11.6 Å². The summed E-state index contributed by atoms with van der Waals surface area (Å²) >= 11 is 6.32. The van der Waals surface area contributed by atoms with Gasteiger partial charge < -0.3 is 10.6 Å². The van der Waals surface area contributed by atoms with Crippen LogP contribution in [-0.2, 0) is 13.1 Å². The van der Waals surface area contributed by atoms with Crippen LogP contribution in [-0.4, -0.2) is 60.0 Å². The largest absolute Gasteiger partial charge is 0.354 e. The number of piperidine rings is 2. The number of aromatic nitrogens is 3. The molecule has 0 amide bonds. The number of likely N-dealkylation sites (tertiary alicyclic amines) is 2. The van der Waals surface area contributed by atoms with Gasteiger partial charge in [-0.3, -0.25) is 9.80 Å². The maximum absolute atomic E-state index is 6.32. The van der Waals surface area contributed by atoms with Crippen LogP contribution >= 0.6 is 11.6 Å². The average molecular weight is 717 g/mol. The molecule has 2 saturated heterocycles. The van der Waals surface area contributed by atoms with Gasteiger partial charge in [-0.15, -0.1) is 0 Å². The molecule has 3 aromatic rings. The zero-order chi connectivity index (χ0) is 36.7. The van der Waals surface area contributed by atoms with Gasteiger partial charge in [0.2, 0.25) is 17.2 Å². The van der Waals surface area contributed by atoms with Crippen LogP contribution < -0.4 is 10.6 Å². The number of unbranched alkanes of at least 4 members (excludes halogenated alkanes) is 2. The summed E-state index contributed by atoms with van der Waals surface area (Å²) in [7, 11) is 0. The summed E-state index contributed by atoms with van der Waals surface area (Å²) in [4.78, 5) is 18.8. The third-order valence-electron chi connectivity index (χ3n) is 11.7. The molecule has 8 heteroatoms. The molecule has 0 unspecified atom stereocenters. The lowest BCUT2D eigenvalue weighted by Crippen LogP contribution is -2.60. The predicted molar refractivity (Wildman–Crippen MR) is 215 cm³/mol. The van der Waals surface area contributed by atoms with Crippen LogP contribution in [0.15, 0.2) is 60.7 Å². The van der Waals surface area contributed by atoms with Gasteiger partial charge in [0.25, 0.3) is 0 Å². The van der Waals surface area contributed by atoms with Gasteiger partial charge in [-0.1, -0.05) is 86.3 Å². The average Bonchev–Trinajstić information content (AvgIpc) is 3.04. The summed E-state index contributed by atoms with van der Waals surface area (Å²) in [6.45, 7) is 23.1. The Bertz CT molecular complexity index is 1360. The zero-order valence-corrected chi connectivity index (χ0v) is 33.7. The first kappa shape index (κ1) is 39.5. The number of nitrogens with zero attached hydrogens (tertiary/aromatic N) is 5. The molecule has 2 N–H and O–H groups in total. The molecule has 7 nitrogen and oxygen atoms in total. The van der Waals surface area contributed by atoms with E-state index in [1.54, 1.807) is 0 Å². The highest BCUT2D eigenvalue weighted by Gasteiger charge is 2.46. The van der Waals surface area contributed by atoms with Crippen LogP contribution in [0.5, 0.6) is 0 Å². The topological polar surface area (TPSA) is 69.2 Å². The highest BCUT2D eigenvalue weighted by atomic mass is 35.5. The van der Waals surface area contributed by atoms with Crippen molar-refractivity contribution in [3.8, 4) is 0 Å². The van der Waals surface area contributed by atoms with Crippen LogP contribution in [0, 0.1) is 11.8 Å². The van der Waals surface area contributed by atoms with Gasteiger partial charge in [-0.25, -0.2) is 0 Å². The highest BCUT2D eigenvalue weighted by Crippen LogP contribution is 2.45. The van der Waals surface area contributed by atoms with Crippen LogP contribution in [0.1, 0.15) is 131 Å². The Labute approximate surface area is 314 Å². The molecule has 3 heterocycles. The fourth-order valence-electron chi connectivity index (χ4n) is 9.87. The van der Waals surface area contributed by atoms with Crippen molar-refractivity contribution in [3.05, 3.63) is 77.1 Å². The number of hydrogen-bond acceptors (Lipinski definition) is 7. The third kappa shape index (κ3) is 11.1. The number of benzene rings is 2. The maximum Gasteiger partial charge on any atom is 0.228 e. The van der Waals surface area contributed by atoms with Gasteiger partial charge in [0.15, 0.2) is 0 Å². The molecule has 2 aliphatic rings. The minimum atomic E-state index is 0.167. The molecular formula is C43H66ClN7. The lowest BCUT2D eigenvalue weighted by atomic mass is 9.72. The van der Waals surface area contributed by atoms with Crippen molar-refractivity contribution in [2.75, 3.05) is 23.7 Å². The monoisotopic (exact) mass is 716 g/mol. The number of rotatable bonds is 16. The van der Waals surface area contributed by atoms with Crippen molar-refractivity contribution in [1.82, 2.24) is 24.8 Å². The van der Waals surface area contributed by atoms with E-state index >= 15 is 0 Å². The van der Waals surface area contributed by atoms with Crippen LogP contribution in [0.25, 0.3) is 0 Å². The quantitative estimate of drug-likeness (QED) is 0.143. The molecule has 0 radical (unpaired) electrons. The first-order chi connectivity index (χ1) is 24.1. The van der Waals surface area contributed by atoms with Crippen LogP contribution in [0.3, 0.4) is 0 Å². The summed E-state index contributed by atoms with van der Waals surface area (Å²) in [5, 5.41) is 7.05. The Morgan fingerprint density at radius 2 is 0.902 bits per heavy atom. The number of nitrogens with one attached hydrogen (secondary N) is 2. The summed E-state index contributed by atoms with van der Waals surface area (Å²) in [5.74, 6) is 2.58. The van der Waals surface area contributed by atoms with Crippen molar-refractivity contribution < 1.29 is 0 Å². The van der Waals surface area contributed by atoms with E-state index in [9.17, 15) is 0 Å². The molecule has 0 spiro atoms. The molecule has 2 aliphatic heterocycles. The van der Waals surface area contributed by atoms with Crippen LogP contribution in [0.4, 0.5) is 11.9 Å². The molecule has 0 aliphatic carbocycles. The second-order valence-electron chi connectivity index (χ2n) is 18.0. The summed E-state index contributed by atoms with van der Waals surface area (Å²) in [5.41, 5.74) is 3.46. The second-order valence-corrected chi connectivity index (χ2v) is 18.4. The second kappa shape index (κ2) is 16.9. The van der Waals surface area contributed by atoms with E-state index in [0.717, 1.165) is 50.9 Å². The molecule has 280 valence electrons. The lowest BCUT2D eigenvalue weighted by Gasteiger charge is -2.55. The minimum Gasteiger partial charge on any atom is -0.354 e. The summed E-state index contributed by atoms with van der Waals surface area (Å²) in [6.07, 6.45) is 12.0. The van der Waals surface area contributed by atoms with Crippen LogP contribution in [0.2, 0.25) is 5.28 Å². The molecule has 0 atom stereocenters. The summed E-state index contributed by atoms with van der Waals surface area (Å²) in [6, 6.07) is 21.8. The van der Waals surface area contributed by atoms with Crippen molar-refractivity contribution in [2.24, 2.45) is 11.8 Å². The van der Waals surface area contributed by atoms with Crippen molar-refractivity contribution in [1.29, 1.82) is 0 Å². The Morgan fingerprint density at radius 3 is 1.25 bits per heavy atom. The van der Waals surface area contributed by atoms with E-state index in [1.165, 1.54) is 62.5 Å². The van der Waals surface area contributed by atoms with Gasteiger partial charge in [0.05, 0.1) is 0 Å². The first-order valence-corrected chi connectivity index (χ1v) is 20.0. The summed E-state index contributed by atoms with van der Waals surface area (Å²) < 4.78 is 0. The number of hydrogen-bond donors (Lipinski definition) is 2. The molecular weight excluding hydrogens is 650 g/mol. The molecule has 0 bridgehead atoms. The van der Waals surface area contributed by atoms with E-state index in [-0.39, 0.29) is 27.4 Å². The molecule has 2 fully saturated rings. The highest BCUT2D eigenvalue weighted by molar-refractivity contribution is 6.28. The Balaban J connectivity index is 1.000. The van der Waals surface area contributed by atoms with Crippen molar-refractivity contribution in [3.63, 3.8) is 0 Å². The van der Waals surface area contributed by atoms with E-state index < -0.39 is 0 Å². The maximum atomic E-state index is 6.32. The smallest absolute Gasteiger partial charge is 0.228 e. The molecule has 2 aromatic carbocycles. The SMILES string of the molecule is CC1(C)CC(CCCCNc2nc(Cl)nc(NCCCCC3CC(C)(C)N(Cc4ccccc4)C(C)(C)C3)n2)CC(C)(C)N1Cc1ccccc1. The standard InChI is InChI=1S/C43H66ClN7/c1-40(2)27-35(28-41(3,4)50(40)31-33-19-11-9-12-20-33)23-15-17-25-45-38-47-37(44)48-39(49-38)46-26-18-16-24-36-29-42(5,6)51(43(7,8)30-36)32-34-21-13-10-14-22-34/h9-14,19-22,35-36H,15-18,23-32H2,1-8H3,(H2,45,46,47,48,49). The van der Waals surface area contributed by atoms with Gasteiger partial charge in [-0.2, -0.15) is 15.0 Å². The Kier molecular flexibility index (Phi) is 13.1. The zero-order valence-electron chi connectivity index (χ0n) is 32.9. The first-order valence-electron chi connectivity index (χ1n) is 19.7. The molecule has 51 heavy (non-hydrogen) atoms. The Hall–Kier alpha value is -2.74. The van der Waals surface area contributed by atoms with E-state index in [1.807, 2.05) is 0 Å². The molecule has 1 aromatic heterocycles. The predicted octanol–water partition coefficient (Wildman–Crippen LogP) is 10.6. The fraction of sp³-hybridized carbons (Fsp3) is 0.651. The van der Waals surface area contributed by atoms with Gasteiger partial charge in [0.1, 0.15) is 0 Å². The third-order valence-corrected chi connectivity index (χ3v) is 11.9. The number of anilines is 2. The van der Waals surface area contributed by atoms with Crippen molar-refractivity contribution >= 4 is 23.5 Å². The van der Waals surface area contributed by atoms with Gasteiger partial charge >= 0.3 is 0 Å². The fourth-order valence-corrected chi connectivity index (χ4v) is 10.0. The van der Waals surface area contributed by atoms with Crippen molar-refractivity contribution in [2.45, 2.75) is 155 Å². The van der Waals surface area contributed by atoms with Gasteiger partial charge in [-0.05, 0) is 128 Å². The number of halogens is 1. The Morgan fingerprint density at radius 1 is 0.549 bits per heavy atom. The molecule has 5 rings (SSSR count). The normalized spacial score (nSPS) is 20.6. The minimum absolute atomic E-state index is 0.167.